The number of carbonyl (C=O) groups is 2. The average Bonchev–Trinajstić information content (AvgIpc) is 2.41. The quantitative estimate of drug-likeness (QED) is 0.813. The Morgan fingerprint density at radius 2 is 1.81 bits per heavy atom. The highest BCUT2D eigenvalue weighted by atomic mass is 16.6. The van der Waals surface area contributed by atoms with Crippen molar-refractivity contribution in [3.8, 4) is 0 Å². The fourth-order valence-corrected chi connectivity index (χ4v) is 1.50. The molecule has 0 bridgehead atoms. The van der Waals surface area contributed by atoms with Crippen molar-refractivity contribution in [2.75, 3.05) is 6.54 Å². The van der Waals surface area contributed by atoms with Crippen LogP contribution in [0.3, 0.4) is 0 Å². The minimum absolute atomic E-state index is 0.0345. The summed E-state index contributed by atoms with van der Waals surface area (Å²) in [7, 11) is 0. The summed E-state index contributed by atoms with van der Waals surface area (Å²) in [5.41, 5.74) is 0.381. The molecule has 0 radical (unpaired) electrons. The molecule has 0 amide bonds. The van der Waals surface area contributed by atoms with Crippen LogP contribution in [0.5, 0.6) is 0 Å². The molecule has 0 aromatic heterocycles. The van der Waals surface area contributed by atoms with E-state index < -0.39 is 23.6 Å². The third-order valence-electron chi connectivity index (χ3n) is 2.56. The molecule has 5 heteroatoms. The van der Waals surface area contributed by atoms with Gasteiger partial charge in [0.2, 0.25) is 0 Å². The summed E-state index contributed by atoms with van der Waals surface area (Å²) >= 11 is 0. The largest absolute Gasteiger partial charge is 0.460 e. The zero-order chi connectivity index (χ0) is 15.9. The topological polar surface area (TPSA) is 64.6 Å². The van der Waals surface area contributed by atoms with Gasteiger partial charge < -0.3 is 9.47 Å². The van der Waals surface area contributed by atoms with Crippen molar-refractivity contribution in [1.29, 1.82) is 0 Å². The van der Waals surface area contributed by atoms with E-state index in [1.807, 2.05) is 30.3 Å². The first-order valence-electron chi connectivity index (χ1n) is 6.94. The van der Waals surface area contributed by atoms with E-state index in [1.165, 1.54) is 0 Å². The van der Waals surface area contributed by atoms with E-state index in [9.17, 15) is 9.59 Å². The van der Waals surface area contributed by atoms with E-state index in [2.05, 4.69) is 5.32 Å². The monoisotopic (exact) mass is 293 g/mol. The summed E-state index contributed by atoms with van der Waals surface area (Å²) in [4.78, 5) is 23.3. The van der Waals surface area contributed by atoms with Gasteiger partial charge in [0.05, 0.1) is 6.54 Å². The molecule has 1 aromatic rings. The molecule has 0 spiro atoms. The first-order chi connectivity index (χ1) is 9.78. The highest BCUT2D eigenvalue weighted by molar-refractivity contribution is 5.77. The maximum Gasteiger partial charge on any atom is 0.323 e. The summed E-state index contributed by atoms with van der Waals surface area (Å²) in [5, 5.41) is 2.79. The first-order valence-corrected chi connectivity index (χ1v) is 6.94. The second-order valence-corrected chi connectivity index (χ2v) is 5.78. The van der Waals surface area contributed by atoms with Crippen molar-refractivity contribution >= 4 is 11.9 Å². The van der Waals surface area contributed by atoms with E-state index in [-0.39, 0.29) is 13.2 Å². The molecular weight excluding hydrogens is 270 g/mol. The van der Waals surface area contributed by atoms with E-state index in [1.54, 1.807) is 27.7 Å². The van der Waals surface area contributed by atoms with Crippen molar-refractivity contribution in [3.05, 3.63) is 35.9 Å². The molecule has 0 aliphatic heterocycles. The molecule has 1 aromatic carbocycles. The van der Waals surface area contributed by atoms with E-state index in [0.29, 0.717) is 0 Å². The Hall–Kier alpha value is -1.88. The third kappa shape index (κ3) is 7.46. The molecule has 0 unspecified atom stereocenters. The Labute approximate surface area is 125 Å². The van der Waals surface area contributed by atoms with Gasteiger partial charge in [0.15, 0.2) is 0 Å². The molecule has 0 heterocycles. The smallest absolute Gasteiger partial charge is 0.323 e. The van der Waals surface area contributed by atoms with Gasteiger partial charge in [-0.2, -0.15) is 0 Å². The van der Waals surface area contributed by atoms with Crippen molar-refractivity contribution < 1.29 is 19.1 Å². The van der Waals surface area contributed by atoms with Crippen molar-refractivity contribution in [2.45, 2.75) is 45.9 Å². The molecule has 0 saturated carbocycles. The molecule has 1 atom stereocenters. The van der Waals surface area contributed by atoms with E-state index in [4.69, 9.17) is 9.47 Å². The van der Waals surface area contributed by atoms with Crippen LogP contribution in [0.4, 0.5) is 0 Å². The van der Waals surface area contributed by atoms with E-state index >= 15 is 0 Å². The van der Waals surface area contributed by atoms with Crippen molar-refractivity contribution in [3.63, 3.8) is 0 Å². The number of esters is 2. The maximum absolute atomic E-state index is 11.7. The fourth-order valence-electron chi connectivity index (χ4n) is 1.50. The summed E-state index contributed by atoms with van der Waals surface area (Å²) < 4.78 is 10.3. The molecule has 0 aliphatic carbocycles. The lowest BCUT2D eigenvalue weighted by Crippen LogP contribution is -2.41. The van der Waals surface area contributed by atoms with Gasteiger partial charge in [0, 0.05) is 0 Å². The van der Waals surface area contributed by atoms with Gasteiger partial charge in [0.1, 0.15) is 18.2 Å². The lowest BCUT2D eigenvalue weighted by atomic mass is 10.2. The number of hydrogen-bond acceptors (Lipinski definition) is 5. The summed E-state index contributed by atoms with van der Waals surface area (Å²) in [6, 6.07) is 8.86. The average molecular weight is 293 g/mol. The Morgan fingerprint density at radius 1 is 1.19 bits per heavy atom. The molecule has 21 heavy (non-hydrogen) atoms. The lowest BCUT2D eigenvalue weighted by molar-refractivity contribution is -0.157. The van der Waals surface area contributed by atoms with Gasteiger partial charge in [-0.3, -0.25) is 14.9 Å². The van der Waals surface area contributed by atoms with Crippen LogP contribution in [0.25, 0.3) is 0 Å². The molecule has 0 fully saturated rings. The molecule has 0 saturated heterocycles. The van der Waals surface area contributed by atoms with Gasteiger partial charge >= 0.3 is 11.9 Å². The SMILES string of the molecule is C[C@H](NCC(=O)OCc1ccccc1)C(=O)OC(C)(C)C. The Kier molecular flexibility index (Phi) is 6.37. The van der Waals surface area contributed by atoms with Crippen LogP contribution in [-0.2, 0) is 25.7 Å². The molecule has 5 nitrogen and oxygen atoms in total. The Morgan fingerprint density at radius 3 is 2.38 bits per heavy atom. The first kappa shape index (κ1) is 17.2. The van der Waals surface area contributed by atoms with Gasteiger partial charge in [-0.05, 0) is 33.3 Å². The molecule has 0 aliphatic rings. The number of carbonyl (C=O) groups excluding carboxylic acids is 2. The zero-order valence-corrected chi connectivity index (χ0v) is 13.0. The molecular formula is C16H23NO4. The Balaban J connectivity index is 2.28. The zero-order valence-electron chi connectivity index (χ0n) is 13.0. The summed E-state index contributed by atoms with van der Waals surface area (Å²) in [6.45, 7) is 7.23. The second-order valence-electron chi connectivity index (χ2n) is 5.78. The number of benzene rings is 1. The predicted molar refractivity (Wildman–Crippen MR) is 79.5 cm³/mol. The van der Waals surface area contributed by atoms with Crippen LogP contribution in [-0.4, -0.2) is 30.1 Å². The van der Waals surface area contributed by atoms with Crippen LogP contribution in [0.1, 0.15) is 33.3 Å². The highest BCUT2D eigenvalue weighted by Gasteiger charge is 2.21. The van der Waals surface area contributed by atoms with Crippen LogP contribution in [0.15, 0.2) is 30.3 Å². The predicted octanol–water partition coefficient (Wildman–Crippen LogP) is 2.05. The minimum Gasteiger partial charge on any atom is -0.460 e. The van der Waals surface area contributed by atoms with Crippen LogP contribution >= 0.6 is 0 Å². The molecule has 1 N–H and O–H groups in total. The summed E-state index contributed by atoms with van der Waals surface area (Å²) in [5.74, 6) is -0.798. The van der Waals surface area contributed by atoms with Gasteiger partial charge in [0.25, 0.3) is 0 Å². The normalized spacial score (nSPS) is 12.6. The van der Waals surface area contributed by atoms with Gasteiger partial charge in [-0.15, -0.1) is 0 Å². The van der Waals surface area contributed by atoms with Gasteiger partial charge in [-0.25, -0.2) is 0 Å². The van der Waals surface area contributed by atoms with Crippen molar-refractivity contribution in [1.82, 2.24) is 5.32 Å². The van der Waals surface area contributed by atoms with Crippen molar-refractivity contribution in [2.24, 2.45) is 0 Å². The maximum atomic E-state index is 11.7. The van der Waals surface area contributed by atoms with Crippen LogP contribution in [0.2, 0.25) is 0 Å². The number of nitrogens with one attached hydrogen (secondary N) is 1. The molecule has 116 valence electrons. The number of hydrogen-bond donors (Lipinski definition) is 1. The fraction of sp³-hybridized carbons (Fsp3) is 0.500. The third-order valence-corrected chi connectivity index (χ3v) is 2.56. The Bertz CT molecular complexity index is 465. The summed E-state index contributed by atoms with van der Waals surface area (Å²) in [6.07, 6.45) is 0. The van der Waals surface area contributed by atoms with E-state index in [0.717, 1.165) is 5.56 Å². The lowest BCUT2D eigenvalue weighted by Gasteiger charge is -2.22. The molecule has 1 rings (SSSR count). The number of ether oxygens (including phenoxy) is 2. The minimum atomic E-state index is -0.562. The second kappa shape index (κ2) is 7.78. The number of rotatable bonds is 6. The van der Waals surface area contributed by atoms with Gasteiger partial charge in [-0.1, -0.05) is 30.3 Å². The van der Waals surface area contributed by atoms with Crippen LogP contribution < -0.4 is 5.32 Å². The van der Waals surface area contributed by atoms with Crippen LogP contribution in [0, 0.1) is 0 Å². The standard InChI is InChI=1S/C16H23NO4/c1-12(15(19)21-16(2,3)4)17-10-14(18)20-11-13-8-6-5-7-9-13/h5-9,12,17H,10-11H2,1-4H3/t12-/m0/s1. The highest BCUT2D eigenvalue weighted by Crippen LogP contribution is 2.08.